The van der Waals surface area contributed by atoms with E-state index in [0.29, 0.717) is 0 Å². The maximum absolute atomic E-state index is 2.59. The lowest BCUT2D eigenvalue weighted by molar-refractivity contribution is 0.195. The average Bonchev–Trinajstić information content (AvgIpc) is 3.17. The molecule has 2 rings (SSSR count). The average molecular weight is 319 g/mol. The Kier molecular flexibility index (Phi) is 8.21. The quantitative estimate of drug-likeness (QED) is 0.324. The van der Waals surface area contributed by atoms with Crippen molar-refractivity contribution in [3.05, 3.63) is 12.2 Å². The molecular formula is C23H42. The van der Waals surface area contributed by atoms with Gasteiger partial charge in [-0.3, -0.25) is 0 Å². The third-order valence-corrected chi connectivity index (χ3v) is 7.10. The molecule has 0 heterocycles. The molecule has 0 heteroatoms. The number of hydrogen-bond donors (Lipinski definition) is 0. The van der Waals surface area contributed by atoms with E-state index in [9.17, 15) is 0 Å². The van der Waals surface area contributed by atoms with Crippen molar-refractivity contribution in [1.82, 2.24) is 0 Å². The number of allylic oxidation sites excluding steroid dienone is 2. The zero-order valence-electron chi connectivity index (χ0n) is 16.4. The van der Waals surface area contributed by atoms with Crippen LogP contribution in [0.2, 0.25) is 0 Å². The molecule has 1 saturated carbocycles. The van der Waals surface area contributed by atoms with Crippen molar-refractivity contribution < 1.29 is 0 Å². The molecule has 0 amide bonds. The summed E-state index contributed by atoms with van der Waals surface area (Å²) < 4.78 is 0. The fourth-order valence-electron chi connectivity index (χ4n) is 5.46. The zero-order valence-corrected chi connectivity index (χ0v) is 16.4. The fourth-order valence-corrected chi connectivity index (χ4v) is 5.46. The summed E-state index contributed by atoms with van der Waals surface area (Å²) in [6, 6.07) is 0. The standard InChI is InChI=1S/C23H42/c1-5-9-11-18(7-3)15-22-20-13-14-21(17-20)23(22)16-19(8-4)12-10-6-2/h13-14,18-23H,5-12,15-17H2,1-4H3. The summed E-state index contributed by atoms with van der Waals surface area (Å²) in [7, 11) is 0. The second-order valence-electron chi connectivity index (χ2n) is 8.58. The first-order chi connectivity index (χ1) is 11.2. The Balaban J connectivity index is 1.94. The van der Waals surface area contributed by atoms with Crippen LogP contribution in [0.3, 0.4) is 0 Å². The molecule has 0 nitrogen and oxygen atoms in total. The van der Waals surface area contributed by atoms with Crippen LogP contribution in [0.5, 0.6) is 0 Å². The highest BCUT2D eigenvalue weighted by atomic mass is 14.5. The van der Waals surface area contributed by atoms with Crippen molar-refractivity contribution in [1.29, 1.82) is 0 Å². The maximum atomic E-state index is 2.59. The van der Waals surface area contributed by atoms with Gasteiger partial charge < -0.3 is 0 Å². The minimum atomic E-state index is 0.935. The number of fused-ring (bicyclic) bond motifs is 2. The summed E-state index contributed by atoms with van der Waals surface area (Å²) in [4.78, 5) is 0. The van der Waals surface area contributed by atoms with E-state index >= 15 is 0 Å². The molecule has 2 aliphatic carbocycles. The minimum absolute atomic E-state index is 0.935. The summed E-state index contributed by atoms with van der Waals surface area (Å²) >= 11 is 0. The molecule has 0 aliphatic heterocycles. The van der Waals surface area contributed by atoms with Gasteiger partial charge in [0.2, 0.25) is 0 Å². The van der Waals surface area contributed by atoms with Crippen LogP contribution in [0.4, 0.5) is 0 Å². The van der Waals surface area contributed by atoms with Gasteiger partial charge >= 0.3 is 0 Å². The van der Waals surface area contributed by atoms with Crippen LogP contribution >= 0.6 is 0 Å². The Morgan fingerprint density at radius 2 is 1.17 bits per heavy atom. The molecule has 2 aliphatic rings. The molecule has 134 valence electrons. The predicted octanol–water partition coefficient (Wildman–Crippen LogP) is 7.64. The summed E-state index contributed by atoms with van der Waals surface area (Å²) in [5, 5.41) is 0. The number of unbranched alkanes of at least 4 members (excludes halogenated alkanes) is 2. The van der Waals surface area contributed by atoms with E-state index in [1.807, 2.05) is 0 Å². The molecule has 0 spiro atoms. The summed E-state index contributed by atoms with van der Waals surface area (Å²) in [5.41, 5.74) is 0. The van der Waals surface area contributed by atoms with E-state index in [2.05, 4.69) is 39.8 Å². The van der Waals surface area contributed by atoms with Gasteiger partial charge in [0.1, 0.15) is 0 Å². The van der Waals surface area contributed by atoms with Crippen LogP contribution in [-0.4, -0.2) is 0 Å². The molecule has 0 aromatic rings. The smallest absolute Gasteiger partial charge is 0.0196 e. The van der Waals surface area contributed by atoms with Crippen molar-refractivity contribution in [3.63, 3.8) is 0 Å². The van der Waals surface area contributed by atoms with Crippen molar-refractivity contribution in [2.75, 3.05) is 0 Å². The molecule has 2 bridgehead atoms. The molecule has 0 N–H and O–H groups in total. The van der Waals surface area contributed by atoms with Gasteiger partial charge in [-0.1, -0.05) is 91.2 Å². The lowest BCUT2D eigenvalue weighted by Gasteiger charge is -2.33. The van der Waals surface area contributed by atoms with Gasteiger partial charge in [-0.05, 0) is 54.8 Å². The van der Waals surface area contributed by atoms with E-state index in [1.165, 1.54) is 70.6 Å². The summed E-state index contributed by atoms with van der Waals surface area (Å²) in [5.74, 6) is 5.88. The van der Waals surface area contributed by atoms with Crippen LogP contribution in [-0.2, 0) is 0 Å². The van der Waals surface area contributed by atoms with Crippen molar-refractivity contribution >= 4 is 0 Å². The van der Waals surface area contributed by atoms with E-state index in [4.69, 9.17) is 0 Å². The third-order valence-electron chi connectivity index (χ3n) is 7.10. The van der Waals surface area contributed by atoms with Gasteiger partial charge in [0, 0.05) is 0 Å². The molecule has 0 radical (unpaired) electrons. The van der Waals surface area contributed by atoms with E-state index in [0.717, 1.165) is 35.5 Å². The highest BCUT2D eigenvalue weighted by Crippen LogP contribution is 2.53. The predicted molar refractivity (Wildman–Crippen MR) is 104 cm³/mol. The number of rotatable bonds is 12. The normalized spacial score (nSPS) is 31.7. The lowest BCUT2D eigenvalue weighted by Crippen LogP contribution is -2.24. The van der Waals surface area contributed by atoms with Crippen molar-refractivity contribution in [2.24, 2.45) is 35.5 Å². The van der Waals surface area contributed by atoms with Crippen LogP contribution in [0, 0.1) is 35.5 Å². The molecule has 23 heavy (non-hydrogen) atoms. The van der Waals surface area contributed by atoms with Crippen LogP contribution < -0.4 is 0 Å². The molecule has 0 aromatic carbocycles. The molecule has 6 atom stereocenters. The zero-order chi connectivity index (χ0) is 16.7. The van der Waals surface area contributed by atoms with E-state index < -0.39 is 0 Å². The maximum Gasteiger partial charge on any atom is -0.0196 e. The Morgan fingerprint density at radius 3 is 1.52 bits per heavy atom. The monoisotopic (exact) mass is 318 g/mol. The van der Waals surface area contributed by atoms with Gasteiger partial charge in [-0.15, -0.1) is 0 Å². The van der Waals surface area contributed by atoms with Gasteiger partial charge in [0.05, 0.1) is 0 Å². The van der Waals surface area contributed by atoms with Crippen LogP contribution in [0.1, 0.15) is 98.3 Å². The SMILES string of the molecule is CCCCC(CC)CC1C2C=CC(C2)C1CC(CC)CCCC. The first-order valence-corrected chi connectivity index (χ1v) is 10.9. The topological polar surface area (TPSA) is 0 Å². The van der Waals surface area contributed by atoms with Crippen LogP contribution in [0.15, 0.2) is 12.2 Å². The second-order valence-corrected chi connectivity index (χ2v) is 8.58. The summed E-state index contributed by atoms with van der Waals surface area (Å²) in [6.07, 6.45) is 21.1. The Hall–Kier alpha value is -0.260. The molecular weight excluding hydrogens is 276 g/mol. The van der Waals surface area contributed by atoms with Gasteiger partial charge in [0.25, 0.3) is 0 Å². The highest BCUT2D eigenvalue weighted by Gasteiger charge is 2.44. The van der Waals surface area contributed by atoms with Gasteiger partial charge in [0.15, 0.2) is 0 Å². The van der Waals surface area contributed by atoms with Crippen molar-refractivity contribution in [2.45, 2.75) is 98.3 Å². The highest BCUT2D eigenvalue weighted by molar-refractivity contribution is 5.13. The first kappa shape index (κ1) is 19.1. The Bertz CT molecular complexity index is 310. The molecule has 6 unspecified atom stereocenters. The molecule has 0 aromatic heterocycles. The largest absolute Gasteiger partial charge is 0.0848 e. The van der Waals surface area contributed by atoms with E-state index in [-0.39, 0.29) is 0 Å². The minimum Gasteiger partial charge on any atom is -0.0848 e. The molecule has 1 fully saturated rings. The van der Waals surface area contributed by atoms with Crippen LogP contribution in [0.25, 0.3) is 0 Å². The van der Waals surface area contributed by atoms with Gasteiger partial charge in [-0.25, -0.2) is 0 Å². The number of hydrogen-bond acceptors (Lipinski definition) is 0. The van der Waals surface area contributed by atoms with Gasteiger partial charge in [-0.2, -0.15) is 0 Å². The Labute approximate surface area is 146 Å². The second kappa shape index (κ2) is 9.90. The molecule has 0 saturated heterocycles. The summed E-state index contributed by atoms with van der Waals surface area (Å²) in [6.45, 7) is 9.54. The Morgan fingerprint density at radius 1 is 0.739 bits per heavy atom. The lowest BCUT2D eigenvalue weighted by atomic mass is 9.72. The third kappa shape index (κ3) is 5.10. The van der Waals surface area contributed by atoms with Crippen molar-refractivity contribution in [3.8, 4) is 0 Å². The first-order valence-electron chi connectivity index (χ1n) is 10.9. The fraction of sp³-hybridized carbons (Fsp3) is 0.913. The van der Waals surface area contributed by atoms with E-state index in [1.54, 1.807) is 0 Å².